The van der Waals surface area contributed by atoms with Gasteiger partial charge in [0.25, 0.3) is 0 Å². The van der Waals surface area contributed by atoms with Crippen LogP contribution in [0.4, 0.5) is 17.1 Å². The minimum Gasteiger partial charge on any atom is -0.451 e. The van der Waals surface area contributed by atoms with Gasteiger partial charge in [-0.3, -0.25) is 0 Å². The normalized spacial score (nSPS) is 10.4. The maximum atomic E-state index is 6.11. The molecule has 6 nitrogen and oxygen atoms in total. The molecule has 6 N–H and O–H groups in total. The Balaban J connectivity index is 1.78. The van der Waals surface area contributed by atoms with E-state index in [1.54, 1.807) is 48.5 Å². The van der Waals surface area contributed by atoms with Crippen molar-refractivity contribution in [1.29, 1.82) is 0 Å². The summed E-state index contributed by atoms with van der Waals surface area (Å²) in [4.78, 5) is 0. The van der Waals surface area contributed by atoms with Crippen LogP contribution in [-0.2, 0) is 0 Å². The predicted octanol–water partition coefficient (Wildman–Crippen LogP) is 5.61. The van der Waals surface area contributed by atoms with E-state index in [1.807, 2.05) is 36.4 Å². The van der Waals surface area contributed by atoms with Crippen molar-refractivity contribution in [3.05, 3.63) is 91.0 Å². The van der Waals surface area contributed by atoms with Gasteiger partial charge in [-0.2, -0.15) is 0 Å². The smallest absolute Gasteiger partial charge is 0.213 e. The summed E-state index contributed by atoms with van der Waals surface area (Å²) in [7, 11) is 0. The van der Waals surface area contributed by atoms with E-state index >= 15 is 0 Å². The summed E-state index contributed by atoms with van der Waals surface area (Å²) in [6.45, 7) is 0. The third kappa shape index (κ3) is 4.07. The number of nitrogens with two attached hydrogens (primary N) is 3. The van der Waals surface area contributed by atoms with Crippen LogP contribution in [0.5, 0.6) is 34.5 Å². The number of nitrogen functional groups attached to an aromatic ring is 3. The Bertz CT molecular complexity index is 1110. The molecule has 0 atom stereocenters. The average Bonchev–Trinajstić information content (AvgIpc) is 2.75. The van der Waals surface area contributed by atoms with Crippen LogP contribution < -0.4 is 31.4 Å². The number of rotatable bonds is 6. The summed E-state index contributed by atoms with van der Waals surface area (Å²) in [5, 5.41) is 0. The molecule has 0 saturated carbocycles. The first-order chi connectivity index (χ1) is 14.6. The molecule has 0 saturated heterocycles. The Kier molecular flexibility index (Phi) is 5.30. The molecule has 0 aliphatic carbocycles. The number of hydrogen-bond donors (Lipinski definition) is 3. The zero-order chi connectivity index (χ0) is 20.9. The molecule has 6 heteroatoms. The lowest BCUT2D eigenvalue weighted by Crippen LogP contribution is -1.99. The Labute approximate surface area is 174 Å². The fraction of sp³-hybridized carbons (Fsp3) is 0. The third-order valence-corrected chi connectivity index (χ3v) is 4.28. The molecule has 0 unspecified atom stereocenters. The summed E-state index contributed by atoms with van der Waals surface area (Å²) >= 11 is 0. The molecule has 0 spiro atoms. The van der Waals surface area contributed by atoms with Crippen molar-refractivity contribution < 1.29 is 14.2 Å². The number of anilines is 3. The van der Waals surface area contributed by atoms with E-state index in [0.717, 1.165) is 0 Å². The van der Waals surface area contributed by atoms with Gasteiger partial charge in [0.2, 0.25) is 5.75 Å². The molecule has 30 heavy (non-hydrogen) atoms. The van der Waals surface area contributed by atoms with Crippen LogP contribution in [0.3, 0.4) is 0 Å². The second-order valence-electron chi connectivity index (χ2n) is 6.42. The molecular formula is C24H20N3O3. The first-order valence-electron chi connectivity index (χ1n) is 9.23. The molecule has 0 bridgehead atoms. The summed E-state index contributed by atoms with van der Waals surface area (Å²) < 4.78 is 18.1. The molecule has 4 rings (SSSR count). The lowest BCUT2D eigenvalue weighted by Gasteiger charge is -2.18. The Morgan fingerprint density at radius 3 is 1.50 bits per heavy atom. The lowest BCUT2D eigenvalue weighted by molar-refractivity contribution is 0.388. The summed E-state index contributed by atoms with van der Waals surface area (Å²) in [5.74, 6) is 2.38. The number of benzene rings is 4. The molecule has 4 aromatic carbocycles. The Morgan fingerprint density at radius 1 is 0.500 bits per heavy atom. The summed E-state index contributed by atoms with van der Waals surface area (Å²) in [6, 6.07) is 27.9. The SMILES string of the molecule is Nc1ccccc1Oc1[c]ccc(Oc2ccccc2N)c1Oc1ccccc1N. The van der Waals surface area contributed by atoms with Crippen LogP contribution in [0.25, 0.3) is 0 Å². The maximum absolute atomic E-state index is 6.11. The van der Waals surface area contributed by atoms with Crippen molar-refractivity contribution in [3.8, 4) is 34.5 Å². The fourth-order valence-corrected chi connectivity index (χ4v) is 2.76. The molecule has 0 aliphatic heterocycles. The van der Waals surface area contributed by atoms with Gasteiger partial charge in [-0.15, -0.1) is 0 Å². The van der Waals surface area contributed by atoms with Gasteiger partial charge >= 0.3 is 0 Å². The predicted molar refractivity (Wildman–Crippen MR) is 118 cm³/mol. The van der Waals surface area contributed by atoms with Crippen LogP contribution in [0.15, 0.2) is 84.9 Å². The highest BCUT2D eigenvalue weighted by Gasteiger charge is 2.18. The Morgan fingerprint density at radius 2 is 0.967 bits per heavy atom. The minimum absolute atomic E-state index is 0.293. The molecule has 1 radical (unpaired) electrons. The molecule has 4 aromatic rings. The fourth-order valence-electron chi connectivity index (χ4n) is 2.76. The Hall–Kier alpha value is -4.32. The third-order valence-electron chi connectivity index (χ3n) is 4.28. The van der Waals surface area contributed by atoms with Crippen LogP contribution in [0, 0.1) is 6.07 Å². The van der Waals surface area contributed by atoms with Crippen molar-refractivity contribution in [2.45, 2.75) is 0 Å². The summed E-state index contributed by atoms with van der Waals surface area (Å²) in [5.41, 5.74) is 19.6. The van der Waals surface area contributed by atoms with E-state index in [0.29, 0.717) is 51.6 Å². The van der Waals surface area contributed by atoms with Gasteiger partial charge < -0.3 is 31.4 Å². The van der Waals surface area contributed by atoms with Gasteiger partial charge in [0, 0.05) is 6.07 Å². The highest BCUT2D eigenvalue weighted by Crippen LogP contribution is 2.45. The number of para-hydroxylation sites is 6. The zero-order valence-corrected chi connectivity index (χ0v) is 16.0. The molecular weight excluding hydrogens is 378 g/mol. The molecule has 0 aromatic heterocycles. The highest BCUT2D eigenvalue weighted by atomic mass is 16.5. The van der Waals surface area contributed by atoms with Crippen LogP contribution >= 0.6 is 0 Å². The highest BCUT2D eigenvalue weighted by molar-refractivity contribution is 5.62. The van der Waals surface area contributed by atoms with Gasteiger partial charge in [0.1, 0.15) is 0 Å². The van der Waals surface area contributed by atoms with Crippen LogP contribution in [0.1, 0.15) is 0 Å². The van der Waals surface area contributed by atoms with Crippen molar-refractivity contribution in [2.24, 2.45) is 0 Å². The first-order valence-corrected chi connectivity index (χ1v) is 9.23. The van der Waals surface area contributed by atoms with E-state index in [2.05, 4.69) is 6.07 Å². The van der Waals surface area contributed by atoms with Crippen molar-refractivity contribution in [2.75, 3.05) is 17.2 Å². The van der Waals surface area contributed by atoms with Gasteiger partial charge in [-0.05, 0) is 48.5 Å². The van der Waals surface area contributed by atoms with Crippen LogP contribution in [-0.4, -0.2) is 0 Å². The average molecular weight is 398 g/mol. The largest absolute Gasteiger partial charge is 0.451 e. The minimum atomic E-state index is 0.293. The zero-order valence-electron chi connectivity index (χ0n) is 16.0. The number of ether oxygens (including phenoxy) is 3. The standard InChI is InChI=1S/C24H20N3O3/c25-16-8-1-4-11-19(16)28-22-14-7-15-23(29-20-12-5-2-9-17(20)26)24(22)30-21-13-6-3-10-18(21)27/h1-14H,25-27H2. The van der Waals surface area contributed by atoms with Crippen molar-refractivity contribution in [3.63, 3.8) is 0 Å². The maximum Gasteiger partial charge on any atom is 0.213 e. The van der Waals surface area contributed by atoms with Gasteiger partial charge in [0.15, 0.2) is 28.7 Å². The molecule has 0 fully saturated rings. The second kappa shape index (κ2) is 8.36. The second-order valence-corrected chi connectivity index (χ2v) is 6.42. The molecule has 0 heterocycles. The van der Waals surface area contributed by atoms with Crippen molar-refractivity contribution >= 4 is 17.1 Å². The topological polar surface area (TPSA) is 106 Å². The van der Waals surface area contributed by atoms with Gasteiger partial charge in [-0.25, -0.2) is 0 Å². The molecule has 0 aliphatic rings. The van der Waals surface area contributed by atoms with Crippen LogP contribution in [0.2, 0.25) is 0 Å². The quantitative estimate of drug-likeness (QED) is 0.365. The molecule has 0 amide bonds. The van der Waals surface area contributed by atoms with E-state index in [9.17, 15) is 0 Å². The van der Waals surface area contributed by atoms with E-state index in [4.69, 9.17) is 31.4 Å². The van der Waals surface area contributed by atoms with E-state index in [1.165, 1.54) is 0 Å². The van der Waals surface area contributed by atoms with E-state index < -0.39 is 0 Å². The molecule has 149 valence electrons. The van der Waals surface area contributed by atoms with Crippen molar-refractivity contribution in [1.82, 2.24) is 0 Å². The van der Waals surface area contributed by atoms with Gasteiger partial charge in [-0.1, -0.05) is 36.4 Å². The van der Waals surface area contributed by atoms with E-state index in [-0.39, 0.29) is 0 Å². The first kappa shape index (κ1) is 19.0. The summed E-state index contributed by atoms with van der Waals surface area (Å²) in [6.07, 6.45) is 0. The van der Waals surface area contributed by atoms with Gasteiger partial charge in [0.05, 0.1) is 17.1 Å². The monoisotopic (exact) mass is 398 g/mol. The number of hydrogen-bond acceptors (Lipinski definition) is 6. The lowest BCUT2D eigenvalue weighted by atomic mass is 10.2.